The van der Waals surface area contributed by atoms with E-state index in [1.165, 1.54) is 35.0 Å². The number of pyridine rings is 1. The molecule has 5 rings (SSSR count). The monoisotopic (exact) mass is 493 g/mol. The maximum atomic E-state index is 4.96. The van der Waals surface area contributed by atoms with Gasteiger partial charge in [0.15, 0.2) is 0 Å². The Labute approximate surface area is 215 Å². The molecule has 34 heavy (non-hydrogen) atoms. The lowest BCUT2D eigenvalue weighted by molar-refractivity contribution is 0.213. The highest BCUT2D eigenvalue weighted by atomic mass is 35.5. The molecular weight excluding hydrogens is 461 g/mol. The maximum absolute atomic E-state index is 4.96. The van der Waals surface area contributed by atoms with Crippen molar-refractivity contribution < 1.29 is 0 Å². The highest BCUT2D eigenvalue weighted by Crippen LogP contribution is 2.33. The Kier molecular flexibility index (Phi) is 9.35. The van der Waals surface area contributed by atoms with E-state index in [9.17, 15) is 0 Å². The van der Waals surface area contributed by atoms with Crippen LogP contribution in [0.1, 0.15) is 18.4 Å². The molecule has 3 nitrogen and oxygen atoms in total. The van der Waals surface area contributed by atoms with Gasteiger partial charge in [-0.25, -0.2) is 4.98 Å². The number of para-hydroxylation sites is 1. The van der Waals surface area contributed by atoms with Crippen LogP contribution in [0.2, 0.25) is 0 Å². The van der Waals surface area contributed by atoms with Gasteiger partial charge in [-0.15, -0.1) is 24.8 Å². The van der Waals surface area contributed by atoms with E-state index >= 15 is 0 Å². The summed E-state index contributed by atoms with van der Waals surface area (Å²) in [6.45, 7) is 3.48. The third kappa shape index (κ3) is 5.90. The zero-order valence-electron chi connectivity index (χ0n) is 19.6. The minimum absolute atomic E-state index is 0. The number of likely N-dealkylation sites (tertiary alicyclic amines) is 1. The van der Waals surface area contributed by atoms with Crippen molar-refractivity contribution in [3.05, 3.63) is 96.6 Å². The fraction of sp³-hybridized carbons (Fsp3) is 0.276. The lowest BCUT2D eigenvalue weighted by Gasteiger charge is -2.38. The van der Waals surface area contributed by atoms with E-state index in [1.807, 2.05) is 0 Å². The van der Waals surface area contributed by atoms with Crippen molar-refractivity contribution in [2.24, 2.45) is 0 Å². The molecule has 178 valence electrons. The molecule has 0 spiro atoms. The number of halogens is 2. The second-order valence-corrected chi connectivity index (χ2v) is 8.83. The van der Waals surface area contributed by atoms with Crippen LogP contribution in [-0.4, -0.2) is 42.6 Å². The van der Waals surface area contributed by atoms with Crippen molar-refractivity contribution in [2.45, 2.75) is 25.3 Å². The molecule has 1 aliphatic heterocycles. The number of piperidine rings is 1. The fourth-order valence-corrected chi connectivity index (χ4v) is 4.86. The standard InChI is InChI=1S/C29H31N3.2ClH/c1-31(25-17-20-32(21-18-25)19-16-23-10-4-2-5-11-23)29-22-28(24-12-6-3-7-13-24)30-27-15-9-8-14-26(27)29;;/h2-15,22,25H,16-21H2,1H3;2*1H. The summed E-state index contributed by atoms with van der Waals surface area (Å²) in [6.07, 6.45) is 3.53. The van der Waals surface area contributed by atoms with Crippen molar-refractivity contribution in [2.75, 3.05) is 31.6 Å². The number of hydrogen-bond acceptors (Lipinski definition) is 3. The first-order chi connectivity index (χ1) is 15.8. The molecule has 1 aliphatic rings. The van der Waals surface area contributed by atoms with E-state index in [0.717, 1.165) is 37.3 Å². The van der Waals surface area contributed by atoms with Gasteiger partial charge in [0.1, 0.15) is 0 Å². The van der Waals surface area contributed by atoms with E-state index in [4.69, 9.17) is 4.98 Å². The number of aromatic nitrogens is 1. The Morgan fingerprint density at radius 3 is 2.15 bits per heavy atom. The topological polar surface area (TPSA) is 19.4 Å². The molecule has 5 heteroatoms. The number of benzene rings is 3. The van der Waals surface area contributed by atoms with Crippen LogP contribution in [0.25, 0.3) is 22.2 Å². The number of hydrogen-bond donors (Lipinski definition) is 0. The van der Waals surface area contributed by atoms with E-state index in [0.29, 0.717) is 6.04 Å². The number of rotatable bonds is 6. The number of fused-ring (bicyclic) bond motifs is 1. The van der Waals surface area contributed by atoms with E-state index in [2.05, 4.69) is 108 Å². The molecule has 1 aromatic heterocycles. The Balaban J connectivity index is 0.00000162. The van der Waals surface area contributed by atoms with Crippen LogP contribution < -0.4 is 4.90 Å². The lowest BCUT2D eigenvalue weighted by Crippen LogP contribution is -2.44. The van der Waals surface area contributed by atoms with Crippen LogP contribution >= 0.6 is 24.8 Å². The van der Waals surface area contributed by atoms with Crippen LogP contribution in [0.3, 0.4) is 0 Å². The average molecular weight is 495 g/mol. The molecule has 0 atom stereocenters. The summed E-state index contributed by atoms with van der Waals surface area (Å²) in [5.41, 5.74) is 6.01. The Morgan fingerprint density at radius 2 is 1.44 bits per heavy atom. The first-order valence-electron chi connectivity index (χ1n) is 11.7. The lowest BCUT2D eigenvalue weighted by atomic mass is 10.0. The van der Waals surface area contributed by atoms with Gasteiger partial charge in [-0.3, -0.25) is 0 Å². The summed E-state index contributed by atoms with van der Waals surface area (Å²) >= 11 is 0. The predicted molar refractivity (Wildman–Crippen MR) is 150 cm³/mol. The van der Waals surface area contributed by atoms with E-state index in [-0.39, 0.29) is 24.8 Å². The van der Waals surface area contributed by atoms with E-state index in [1.54, 1.807) is 0 Å². The Morgan fingerprint density at radius 1 is 0.824 bits per heavy atom. The minimum Gasteiger partial charge on any atom is -0.371 e. The summed E-state index contributed by atoms with van der Waals surface area (Å²) in [6, 6.07) is 32.7. The zero-order valence-corrected chi connectivity index (χ0v) is 21.3. The van der Waals surface area contributed by atoms with Gasteiger partial charge in [-0.2, -0.15) is 0 Å². The second-order valence-electron chi connectivity index (χ2n) is 8.83. The summed E-state index contributed by atoms with van der Waals surface area (Å²) in [7, 11) is 2.26. The average Bonchev–Trinajstić information content (AvgIpc) is 2.88. The highest BCUT2D eigenvalue weighted by Gasteiger charge is 2.24. The van der Waals surface area contributed by atoms with Crippen molar-refractivity contribution in [3.8, 4) is 11.3 Å². The van der Waals surface area contributed by atoms with Gasteiger partial charge in [0, 0.05) is 49.4 Å². The van der Waals surface area contributed by atoms with Crippen molar-refractivity contribution >= 4 is 41.4 Å². The summed E-state index contributed by atoms with van der Waals surface area (Å²) in [4.78, 5) is 10.1. The molecule has 1 saturated heterocycles. The summed E-state index contributed by atoms with van der Waals surface area (Å²) in [5.74, 6) is 0. The molecule has 0 N–H and O–H groups in total. The van der Waals surface area contributed by atoms with Gasteiger partial charge in [0.25, 0.3) is 0 Å². The minimum atomic E-state index is 0. The van der Waals surface area contributed by atoms with Gasteiger partial charge >= 0.3 is 0 Å². The molecule has 0 aliphatic carbocycles. The highest BCUT2D eigenvalue weighted by molar-refractivity contribution is 5.94. The van der Waals surface area contributed by atoms with Crippen LogP contribution in [-0.2, 0) is 6.42 Å². The first kappa shape index (κ1) is 26.0. The smallest absolute Gasteiger partial charge is 0.0730 e. The molecule has 0 unspecified atom stereocenters. The van der Waals surface area contributed by atoms with Gasteiger partial charge in [-0.05, 0) is 37.0 Å². The van der Waals surface area contributed by atoms with Crippen molar-refractivity contribution in [1.82, 2.24) is 9.88 Å². The van der Waals surface area contributed by atoms with Gasteiger partial charge < -0.3 is 9.80 Å². The van der Waals surface area contributed by atoms with Crippen LogP contribution in [0.5, 0.6) is 0 Å². The Hall–Kier alpha value is -2.59. The normalized spacial score (nSPS) is 14.3. The fourth-order valence-electron chi connectivity index (χ4n) is 4.86. The molecule has 0 bridgehead atoms. The number of nitrogens with zero attached hydrogens (tertiary/aromatic N) is 3. The third-order valence-corrected chi connectivity index (χ3v) is 6.81. The van der Waals surface area contributed by atoms with Gasteiger partial charge in [0.2, 0.25) is 0 Å². The van der Waals surface area contributed by atoms with Gasteiger partial charge in [0.05, 0.1) is 11.2 Å². The molecule has 3 aromatic carbocycles. The molecule has 0 saturated carbocycles. The Bertz CT molecular complexity index is 1160. The molecule has 2 heterocycles. The van der Waals surface area contributed by atoms with Crippen molar-refractivity contribution in [1.29, 1.82) is 0 Å². The molecule has 1 fully saturated rings. The third-order valence-electron chi connectivity index (χ3n) is 6.81. The van der Waals surface area contributed by atoms with E-state index < -0.39 is 0 Å². The van der Waals surface area contributed by atoms with Crippen LogP contribution in [0, 0.1) is 0 Å². The SMILES string of the molecule is CN(c1cc(-c2ccccc2)nc2ccccc12)C1CCN(CCc2ccccc2)CC1.Cl.Cl. The maximum Gasteiger partial charge on any atom is 0.0730 e. The quantitative estimate of drug-likeness (QED) is 0.291. The molecule has 4 aromatic rings. The number of anilines is 1. The van der Waals surface area contributed by atoms with Crippen molar-refractivity contribution in [3.63, 3.8) is 0 Å². The summed E-state index contributed by atoms with van der Waals surface area (Å²) in [5, 5.41) is 1.24. The largest absolute Gasteiger partial charge is 0.371 e. The predicted octanol–water partition coefficient (Wildman–Crippen LogP) is 6.89. The first-order valence-corrected chi connectivity index (χ1v) is 11.7. The molecule has 0 amide bonds. The van der Waals surface area contributed by atoms with Crippen LogP contribution in [0.15, 0.2) is 91.0 Å². The van der Waals surface area contributed by atoms with Crippen LogP contribution in [0.4, 0.5) is 5.69 Å². The zero-order chi connectivity index (χ0) is 21.8. The second kappa shape index (κ2) is 12.2. The van der Waals surface area contributed by atoms with Gasteiger partial charge in [-0.1, -0.05) is 78.9 Å². The molecule has 0 radical (unpaired) electrons. The molecular formula is C29H33Cl2N3. The summed E-state index contributed by atoms with van der Waals surface area (Å²) < 4.78 is 0.